The van der Waals surface area contributed by atoms with Crippen LogP contribution < -0.4 is 4.72 Å². The quantitative estimate of drug-likeness (QED) is 0.604. The van der Waals surface area contributed by atoms with Gasteiger partial charge in [-0.05, 0) is 32.0 Å². The number of hydrogen-bond donors (Lipinski definition) is 1. The minimum atomic E-state index is -4.20. The van der Waals surface area contributed by atoms with Gasteiger partial charge in [0.05, 0.1) is 4.90 Å². The molecule has 21 heavy (non-hydrogen) atoms. The van der Waals surface area contributed by atoms with Gasteiger partial charge >= 0.3 is 0 Å². The lowest BCUT2D eigenvalue weighted by atomic mass is 10.0. The van der Waals surface area contributed by atoms with Crippen LogP contribution in [0.4, 0.5) is 4.39 Å². The first-order valence-electron chi connectivity index (χ1n) is 5.95. The number of benzene rings is 1. The first-order valence-corrected chi connectivity index (χ1v) is 10.2. The number of alkyl halides is 1. The van der Waals surface area contributed by atoms with Crippen LogP contribution in [0.15, 0.2) is 28.0 Å². The Balaban J connectivity index is 3.39. The average Bonchev–Trinajstić information content (AvgIpc) is 2.25. The van der Waals surface area contributed by atoms with Gasteiger partial charge in [0.1, 0.15) is 10.7 Å². The van der Waals surface area contributed by atoms with Crippen molar-refractivity contribution in [3.8, 4) is 0 Å². The molecule has 1 rings (SSSR count). The molecule has 0 saturated carbocycles. The van der Waals surface area contributed by atoms with Crippen LogP contribution in [0.2, 0.25) is 0 Å². The summed E-state index contributed by atoms with van der Waals surface area (Å²) in [6.07, 6.45) is 0.925. The van der Waals surface area contributed by atoms with Gasteiger partial charge in [-0.25, -0.2) is 25.9 Å². The SMILES string of the molecule is CC(Br)C(C)(C)NS(=O)(=O)c1cc(S(C)(=O)=O)ccc1F. The van der Waals surface area contributed by atoms with E-state index < -0.39 is 36.1 Å². The molecule has 1 aromatic rings. The Labute approximate surface area is 133 Å². The molecule has 1 N–H and O–H groups in total. The first kappa shape index (κ1) is 18.5. The van der Waals surface area contributed by atoms with Crippen molar-refractivity contribution in [2.45, 2.75) is 40.9 Å². The number of nitrogens with one attached hydrogen (secondary N) is 1. The first-order chi connectivity index (χ1) is 9.27. The second kappa shape index (κ2) is 5.94. The van der Waals surface area contributed by atoms with Crippen LogP contribution in [0.25, 0.3) is 0 Å². The highest BCUT2D eigenvalue weighted by Gasteiger charge is 2.32. The van der Waals surface area contributed by atoms with Gasteiger partial charge in [0, 0.05) is 16.6 Å². The van der Waals surface area contributed by atoms with Crippen molar-refractivity contribution in [2.24, 2.45) is 0 Å². The maximum Gasteiger partial charge on any atom is 0.244 e. The number of sulfonamides is 1. The lowest BCUT2D eigenvalue weighted by Crippen LogP contribution is -2.48. The molecule has 1 atom stereocenters. The van der Waals surface area contributed by atoms with Crippen LogP contribution in [0.1, 0.15) is 20.8 Å². The van der Waals surface area contributed by atoms with E-state index in [0.29, 0.717) is 0 Å². The Bertz CT molecular complexity index is 743. The van der Waals surface area contributed by atoms with Gasteiger partial charge < -0.3 is 0 Å². The van der Waals surface area contributed by atoms with E-state index >= 15 is 0 Å². The molecule has 0 saturated heterocycles. The van der Waals surface area contributed by atoms with Crippen molar-refractivity contribution in [3.05, 3.63) is 24.0 Å². The normalized spacial score (nSPS) is 15.0. The lowest BCUT2D eigenvalue weighted by molar-refractivity contribution is 0.451. The summed E-state index contributed by atoms with van der Waals surface area (Å²) in [5, 5.41) is 0. The van der Waals surface area contributed by atoms with Crippen LogP contribution in [0, 0.1) is 5.82 Å². The van der Waals surface area contributed by atoms with Crippen LogP contribution >= 0.6 is 15.9 Å². The van der Waals surface area contributed by atoms with E-state index in [0.717, 1.165) is 24.5 Å². The Morgan fingerprint density at radius 3 is 2.19 bits per heavy atom. The standard InChI is InChI=1S/C12H17BrFNO4S2/c1-8(13)12(2,3)15-21(18,19)11-7-9(20(4,16)17)5-6-10(11)14/h5-8,15H,1-4H3. The van der Waals surface area contributed by atoms with Crippen molar-refractivity contribution < 1.29 is 21.2 Å². The van der Waals surface area contributed by atoms with Gasteiger partial charge in [-0.3, -0.25) is 0 Å². The highest BCUT2D eigenvalue weighted by atomic mass is 79.9. The Kier molecular flexibility index (Phi) is 5.24. The van der Waals surface area contributed by atoms with E-state index in [1.807, 2.05) is 0 Å². The van der Waals surface area contributed by atoms with E-state index in [1.54, 1.807) is 20.8 Å². The molecule has 1 unspecified atom stereocenters. The second-order valence-corrected chi connectivity index (χ2v) is 10.3. The number of sulfone groups is 1. The fourth-order valence-corrected chi connectivity index (χ4v) is 3.98. The molecule has 0 aliphatic rings. The van der Waals surface area contributed by atoms with Crippen LogP contribution in [-0.4, -0.2) is 33.5 Å². The topological polar surface area (TPSA) is 80.3 Å². The van der Waals surface area contributed by atoms with Crippen molar-refractivity contribution in [1.29, 1.82) is 0 Å². The monoisotopic (exact) mass is 401 g/mol. The average molecular weight is 402 g/mol. The van der Waals surface area contributed by atoms with Gasteiger partial charge in [0.25, 0.3) is 0 Å². The summed E-state index contributed by atoms with van der Waals surface area (Å²) in [5.41, 5.74) is -0.883. The van der Waals surface area contributed by atoms with Gasteiger partial charge in [-0.15, -0.1) is 0 Å². The number of hydrogen-bond acceptors (Lipinski definition) is 4. The second-order valence-electron chi connectivity index (χ2n) is 5.31. The molecular formula is C12H17BrFNO4S2. The molecule has 0 spiro atoms. The minimum Gasteiger partial charge on any atom is -0.224 e. The minimum absolute atomic E-state index is 0.221. The highest BCUT2D eigenvalue weighted by molar-refractivity contribution is 9.09. The zero-order valence-corrected chi connectivity index (χ0v) is 15.2. The predicted octanol–water partition coefficient (Wildman–Crippen LogP) is 2.07. The molecule has 1 aromatic carbocycles. The molecule has 5 nitrogen and oxygen atoms in total. The summed E-state index contributed by atoms with van der Waals surface area (Å²) in [4.78, 5) is -1.17. The molecule has 0 radical (unpaired) electrons. The Morgan fingerprint density at radius 1 is 1.24 bits per heavy atom. The van der Waals surface area contributed by atoms with Crippen LogP contribution in [0.3, 0.4) is 0 Å². The van der Waals surface area contributed by atoms with Gasteiger partial charge in [-0.2, -0.15) is 0 Å². The number of halogens is 2. The van der Waals surface area contributed by atoms with Gasteiger partial charge in [0.2, 0.25) is 10.0 Å². The summed E-state index contributed by atoms with van der Waals surface area (Å²) in [7, 11) is -7.83. The molecule has 9 heteroatoms. The molecular weight excluding hydrogens is 385 g/mol. The molecule has 0 aliphatic carbocycles. The van der Waals surface area contributed by atoms with Crippen molar-refractivity contribution in [1.82, 2.24) is 4.72 Å². The number of rotatable bonds is 5. The van der Waals surface area contributed by atoms with E-state index in [-0.39, 0.29) is 9.72 Å². The molecule has 0 bridgehead atoms. The van der Waals surface area contributed by atoms with E-state index in [1.165, 1.54) is 0 Å². The molecule has 0 heterocycles. The van der Waals surface area contributed by atoms with Gasteiger partial charge in [0.15, 0.2) is 9.84 Å². The van der Waals surface area contributed by atoms with Gasteiger partial charge in [-0.1, -0.05) is 22.9 Å². The molecule has 0 fully saturated rings. The highest BCUT2D eigenvalue weighted by Crippen LogP contribution is 2.24. The van der Waals surface area contributed by atoms with E-state index in [2.05, 4.69) is 20.7 Å². The third kappa shape index (κ3) is 4.48. The van der Waals surface area contributed by atoms with Crippen molar-refractivity contribution in [3.63, 3.8) is 0 Å². The maximum absolute atomic E-state index is 13.8. The molecule has 0 aliphatic heterocycles. The van der Waals surface area contributed by atoms with Crippen molar-refractivity contribution >= 4 is 35.8 Å². The fourth-order valence-electron chi connectivity index (χ4n) is 1.40. The summed E-state index contributed by atoms with van der Waals surface area (Å²) in [6.45, 7) is 5.00. The Morgan fingerprint density at radius 2 is 1.76 bits per heavy atom. The lowest BCUT2D eigenvalue weighted by Gasteiger charge is -2.28. The molecule has 0 amide bonds. The van der Waals surface area contributed by atoms with E-state index in [9.17, 15) is 21.2 Å². The van der Waals surface area contributed by atoms with Crippen molar-refractivity contribution in [2.75, 3.05) is 6.26 Å². The smallest absolute Gasteiger partial charge is 0.224 e. The molecule has 0 aromatic heterocycles. The fraction of sp³-hybridized carbons (Fsp3) is 0.500. The zero-order chi connectivity index (χ0) is 16.6. The van der Waals surface area contributed by atoms with E-state index in [4.69, 9.17) is 0 Å². The van der Waals surface area contributed by atoms with Crippen LogP contribution in [0.5, 0.6) is 0 Å². The largest absolute Gasteiger partial charge is 0.244 e. The summed E-state index contributed by atoms with van der Waals surface area (Å²) in [5.74, 6) is -1.01. The Hall–Kier alpha value is -0.510. The third-order valence-electron chi connectivity index (χ3n) is 3.01. The summed E-state index contributed by atoms with van der Waals surface area (Å²) >= 11 is 3.27. The van der Waals surface area contributed by atoms with Crippen LogP contribution in [-0.2, 0) is 19.9 Å². The molecule has 120 valence electrons. The third-order valence-corrected chi connectivity index (χ3v) is 6.95. The zero-order valence-electron chi connectivity index (χ0n) is 12.0. The predicted molar refractivity (Wildman–Crippen MR) is 82.3 cm³/mol. The summed E-state index contributed by atoms with van der Waals surface area (Å²) < 4.78 is 63.7. The summed E-state index contributed by atoms with van der Waals surface area (Å²) in [6, 6.07) is 2.68. The maximum atomic E-state index is 13.8.